The van der Waals surface area contributed by atoms with Gasteiger partial charge in [-0.25, -0.2) is 0 Å². The van der Waals surface area contributed by atoms with Gasteiger partial charge < -0.3 is 15.4 Å². The predicted molar refractivity (Wildman–Crippen MR) is 96.8 cm³/mol. The monoisotopic (exact) mass is 336 g/mol. The fourth-order valence-corrected chi connectivity index (χ4v) is 3.22. The Labute approximate surface area is 143 Å². The average molecular weight is 337 g/mol. The van der Waals surface area contributed by atoms with E-state index in [9.17, 15) is 4.79 Å². The molecule has 1 saturated heterocycles. The molecular weight excluding hydrogens is 308 g/mol. The third kappa shape index (κ3) is 5.23. The van der Waals surface area contributed by atoms with Gasteiger partial charge >= 0.3 is 0 Å². The molecule has 2 rings (SSSR count). The van der Waals surface area contributed by atoms with E-state index in [4.69, 9.17) is 4.74 Å². The van der Waals surface area contributed by atoms with Crippen molar-refractivity contribution in [2.75, 3.05) is 26.0 Å². The van der Waals surface area contributed by atoms with Gasteiger partial charge in [-0.05, 0) is 38.5 Å². The highest BCUT2D eigenvalue weighted by Crippen LogP contribution is 2.25. The highest BCUT2D eigenvalue weighted by molar-refractivity contribution is 7.99. The molecule has 0 unspecified atom stereocenters. The molecule has 1 aliphatic rings. The topological polar surface area (TPSA) is 50.4 Å². The van der Waals surface area contributed by atoms with Crippen LogP contribution in [0, 0.1) is 0 Å². The average Bonchev–Trinajstić information content (AvgIpc) is 2.60. The largest absolute Gasteiger partial charge is 0.381 e. The second kappa shape index (κ2) is 8.71. The van der Waals surface area contributed by atoms with Crippen molar-refractivity contribution >= 4 is 17.7 Å². The zero-order valence-corrected chi connectivity index (χ0v) is 15.1. The summed E-state index contributed by atoms with van der Waals surface area (Å²) < 4.78 is 5.53. The van der Waals surface area contributed by atoms with Crippen LogP contribution >= 0.6 is 11.8 Å². The van der Waals surface area contributed by atoms with Crippen LogP contribution in [0.25, 0.3) is 0 Å². The molecule has 0 aliphatic carbocycles. The number of hydrogen-bond acceptors (Lipinski definition) is 4. The van der Waals surface area contributed by atoms with E-state index in [1.54, 1.807) is 11.8 Å². The van der Waals surface area contributed by atoms with Gasteiger partial charge in [0.15, 0.2) is 0 Å². The van der Waals surface area contributed by atoms with Gasteiger partial charge in [-0.1, -0.05) is 30.3 Å². The summed E-state index contributed by atoms with van der Waals surface area (Å²) in [6.45, 7) is 6.25. The Hall–Kier alpha value is -1.04. The number of carbonyl (C=O) groups is 1. The van der Waals surface area contributed by atoms with Gasteiger partial charge in [-0.2, -0.15) is 11.8 Å². The van der Waals surface area contributed by atoms with E-state index >= 15 is 0 Å². The van der Waals surface area contributed by atoms with Crippen molar-refractivity contribution in [1.82, 2.24) is 10.6 Å². The summed E-state index contributed by atoms with van der Waals surface area (Å²) in [5, 5.41) is 6.87. The SMILES string of the molecule is CS[C@H](C)C(=O)NCC1(N[C@H](C)c2ccccc2)CCOCC1. The molecule has 1 heterocycles. The first-order chi connectivity index (χ1) is 11.1. The van der Waals surface area contributed by atoms with E-state index in [-0.39, 0.29) is 22.7 Å². The quantitative estimate of drug-likeness (QED) is 0.804. The van der Waals surface area contributed by atoms with Crippen LogP contribution in [0.5, 0.6) is 0 Å². The Bertz CT molecular complexity index is 489. The van der Waals surface area contributed by atoms with Crippen molar-refractivity contribution < 1.29 is 9.53 Å². The number of rotatable bonds is 7. The lowest BCUT2D eigenvalue weighted by atomic mass is 9.88. The summed E-state index contributed by atoms with van der Waals surface area (Å²) in [6.07, 6.45) is 3.79. The van der Waals surface area contributed by atoms with E-state index in [0.29, 0.717) is 6.54 Å². The highest BCUT2D eigenvalue weighted by atomic mass is 32.2. The smallest absolute Gasteiger partial charge is 0.232 e. The summed E-state index contributed by atoms with van der Waals surface area (Å²) in [7, 11) is 0. The fourth-order valence-electron chi connectivity index (χ4n) is 2.93. The van der Waals surface area contributed by atoms with E-state index < -0.39 is 0 Å². The Balaban J connectivity index is 2.02. The van der Waals surface area contributed by atoms with Crippen molar-refractivity contribution in [3.63, 3.8) is 0 Å². The van der Waals surface area contributed by atoms with Crippen molar-refractivity contribution in [3.8, 4) is 0 Å². The second-order valence-electron chi connectivity index (χ2n) is 6.27. The Morgan fingerprint density at radius 3 is 2.52 bits per heavy atom. The molecule has 2 N–H and O–H groups in total. The number of thioether (sulfide) groups is 1. The molecule has 1 fully saturated rings. The minimum Gasteiger partial charge on any atom is -0.381 e. The van der Waals surface area contributed by atoms with Crippen LogP contribution in [0.1, 0.15) is 38.3 Å². The molecule has 1 amide bonds. The van der Waals surface area contributed by atoms with Crippen LogP contribution in [0.2, 0.25) is 0 Å². The lowest BCUT2D eigenvalue weighted by Gasteiger charge is -2.40. The van der Waals surface area contributed by atoms with Crippen LogP contribution in [-0.4, -0.2) is 42.7 Å². The molecule has 4 nitrogen and oxygen atoms in total. The molecule has 0 bridgehead atoms. The number of amides is 1. The second-order valence-corrected chi connectivity index (χ2v) is 7.44. The molecule has 23 heavy (non-hydrogen) atoms. The molecule has 1 aromatic rings. The molecule has 5 heteroatoms. The molecule has 0 radical (unpaired) electrons. The minimum absolute atomic E-state index is 0.0153. The van der Waals surface area contributed by atoms with Crippen LogP contribution < -0.4 is 10.6 Å². The Morgan fingerprint density at radius 2 is 1.91 bits per heavy atom. The van der Waals surface area contributed by atoms with E-state index in [2.05, 4.69) is 41.8 Å². The number of ether oxygens (including phenoxy) is 1. The first-order valence-electron chi connectivity index (χ1n) is 8.27. The van der Waals surface area contributed by atoms with Gasteiger partial charge in [0.1, 0.15) is 0 Å². The van der Waals surface area contributed by atoms with Crippen molar-refractivity contribution in [3.05, 3.63) is 35.9 Å². The maximum absolute atomic E-state index is 12.1. The van der Waals surface area contributed by atoms with Crippen LogP contribution in [0.15, 0.2) is 30.3 Å². The third-order valence-electron chi connectivity index (χ3n) is 4.60. The Kier molecular flexibility index (Phi) is 6.93. The zero-order valence-electron chi connectivity index (χ0n) is 14.3. The van der Waals surface area contributed by atoms with Crippen molar-refractivity contribution in [2.24, 2.45) is 0 Å². The fraction of sp³-hybridized carbons (Fsp3) is 0.611. The standard InChI is InChI=1S/C18H28N2O2S/c1-14(16-7-5-4-6-8-16)20-18(9-11-22-12-10-18)13-19-17(21)15(2)23-3/h4-8,14-15,20H,9-13H2,1-3H3,(H,19,21)/t14-,15-/m1/s1. The first-order valence-corrected chi connectivity index (χ1v) is 9.56. The molecule has 1 aliphatic heterocycles. The lowest BCUT2D eigenvalue weighted by molar-refractivity contribution is -0.120. The minimum atomic E-state index is -0.0959. The number of benzene rings is 1. The van der Waals surface area contributed by atoms with Crippen molar-refractivity contribution in [1.29, 1.82) is 0 Å². The van der Waals surface area contributed by atoms with Crippen molar-refractivity contribution in [2.45, 2.75) is 43.5 Å². The summed E-state index contributed by atoms with van der Waals surface area (Å²) in [6, 6.07) is 10.7. The molecule has 128 valence electrons. The van der Waals surface area contributed by atoms with Gasteiger partial charge in [-0.15, -0.1) is 0 Å². The molecule has 0 saturated carbocycles. The van der Waals surface area contributed by atoms with Gasteiger partial charge in [0.05, 0.1) is 5.25 Å². The molecule has 0 aromatic heterocycles. The van der Waals surface area contributed by atoms with Gasteiger partial charge in [-0.3, -0.25) is 4.79 Å². The first kappa shape index (κ1) is 18.3. The van der Waals surface area contributed by atoms with E-state index in [1.807, 2.05) is 19.2 Å². The molecule has 0 spiro atoms. The predicted octanol–water partition coefficient (Wildman–Crippen LogP) is 2.75. The normalized spacial score (nSPS) is 19.8. The summed E-state index contributed by atoms with van der Waals surface area (Å²) in [5.41, 5.74) is 1.17. The molecule has 2 atom stereocenters. The molecule has 1 aromatic carbocycles. The van der Waals surface area contributed by atoms with Gasteiger partial charge in [0, 0.05) is 31.3 Å². The summed E-state index contributed by atoms with van der Waals surface area (Å²) in [5.74, 6) is 0.109. The number of nitrogens with one attached hydrogen (secondary N) is 2. The van der Waals surface area contributed by atoms with Crippen LogP contribution in [0.3, 0.4) is 0 Å². The van der Waals surface area contributed by atoms with Gasteiger partial charge in [0.2, 0.25) is 5.91 Å². The maximum atomic E-state index is 12.1. The molecular formula is C18H28N2O2S. The summed E-state index contributed by atoms with van der Waals surface area (Å²) in [4.78, 5) is 12.1. The van der Waals surface area contributed by atoms with E-state index in [0.717, 1.165) is 26.1 Å². The third-order valence-corrected chi connectivity index (χ3v) is 5.52. The number of hydrogen-bond donors (Lipinski definition) is 2. The van der Waals surface area contributed by atoms with Crippen LogP contribution in [0.4, 0.5) is 0 Å². The Morgan fingerprint density at radius 1 is 1.26 bits per heavy atom. The summed E-state index contributed by atoms with van der Waals surface area (Å²) >= 11 is 1.57. The lowest BCUT2D eigenvalue weighted by Crippen LogP contribution is -2.57. The maximum Gasteiger partial charge on any atom is 0.232 e. The highest BCUT2D eigenvalue weighted by Gasteiger charge is 2.34. The zero-order chi connectivity index (χ0) is 16.7. The number of carbonyl (C=O) groups excluding carboxylic acids is 1. The van der Waals surface area contributed by atoms with Gasteiger partial charge in [0.25, 0.3) is 0 Å². The van der Waals surface area contributed by atoms with E-state index in [1.165, 1.54) is 5.56 Å². The van der Waals surface area contributed by atoms with Crippen LogP contribution in [-0.2, 0) is 9.53 Å².